The highest BCUT2D eigenvalue weighted by atomic mass is 16.2. The van der Waals surface area contributed by atoms with Gasteiger partial charge in [0.25, 0.3) is 0 Å². The van der Waals surface area contributed by atoms with E-state index in [1.54, 1.807) is 4.90 Å². The van der Waals surface area contributed by atoms with Crippen LogP contribution in [0.15, 0.2) is 0 Å². The molecule has 1 rings (SSSR count). The number of hydrogen-bond donors (Lipinski definition) is 1. The molecule has 1 fully saturated rings. The molecule has 1 aliphatic heterocycles. The molecule has 0 radical (unpaired) electrons. The Morgan fingerprint density at radius 2 is 2.29 bits per heavy atom. The number of hydrogen-bond acceptors (Lipinski definition) is 4. The molecule has 1 amide bonds. The van der Waals surface area contributed by atoms with E-state index < -0.39 is 0 Å². The SMILES string of the molecule is CCN(CCC#N)C(=O)CN1CCCNCC1. The molecule has 0 bridgehead atoms. The summed E-state index contributed by atoms with van der Waals surface area (Å²) >= 11 is 0. The molecule has 0 aromatic rings. The van der Waals surface area contributed by atoms with Crippen LogP contribution in [-0.2, 0) is 4.79 Å². The molecule has 1 saturated heterocycles. The predicted octanol–water partition coefficient (Wildman–Crippen LogP) is 0.0439. The van der Waals surface area contributed by atoms with Crippen LogP contribution in [0.25, 0.3) is 0 Å². The normalized spacial score (nSPS) is 17.2. The van der Waals surface area contributed by atoms with Gasteiger partial charge in [-0.1, -0.05) is 0 Å². The monoisotopic (exact) mass is 238 g/mol. The maximum Gasteiger partial charge on any atom is 0.236 e. The highest BCUT2D eigenvalue weighted by Gasteiger charge is 2.16. The van der Waals surface area contributed by atoms with Crippen molar-refractivity contribution in [1.29, 1.82) is 5.26 Å². The first-order valence-electron chi connectivity index (χ1n) is 6.35. The topological polar surface area (TPSA) is 59.4 Å². The van der Waals surface area contributed by atoms with Crippen LogP contribution in [0.5, 0.6) is 0 Å². The van der Waals surface area contributed by atoms with Gasteiger partial charge in [-0.2, -0.15) is 5.26 Å². The molecular weight excluding hydrogens is 216 g/mol. The summed E-state index contributed by atoms with van der Waals surface area (Å²) in [4.78, 5) is 16.0. The quantitative estimate of drug-likeness (QED) is 0.735. The second kappa shape index (κ2) is 8.04. The van der Waals surface area contributed by atoms with Crippen LogP contribution < -0.4 is 5.32 Å². The molecule has 0 spiro atoms. The van der Waals surface area contributed by atoms with E-state index in [1.165, 1.54) is 0 Å². The summed E-state index contributed by atoms with van der Waals surface area (Å²) in [6.07, 6.45) is 1.51. The predicted molar refractivity (Wildman–Crippen MR) is 66.4 cm³/mol. The van der Waals surface area contributed by atoms with Gasteiger partial charge in [0.1, 0.15) is 0 Å². The van der Waals surface area contributed by atoms with Gasteiger partial charge in [0.05, 0.1) is 19.0 Å². The van der Waals surface area contributed by atoms with Gasteiger partial charge in [-0.15, -0.1) is 0 Å². The number of amides is 1. The fourth-order valence-corrected chi connectivity index (χ4v) is 2.00. The van der Waals surface area contributed by atoms with E-state index in [0.717, 1.165) is 32.6 Å². The Bertz CT molecular complexity index is 266. The second-order valence-electron chi connectivity index (χ2n) is 4.26. The third-order valence-electron chi connectivity index (χ3n) is 3.02. The van der Waals surface area contributed by atoms with Gasteiger partial charge >= 0.3 is 0 Å². The molecule has 96 valence electrons. The standard InChI is InChI=1S/C12H22N4O/c1-2-16(9-3-5-13)12(17)11-15-8-4-6-14-7-10-15/h14H,2-4,6-11H2,1H3. The zero-order valence-electron chi connectivity index (χ0n) is 10.6. The maximum absolute atomic E-state index is 12.0. The van der Waals surface area contributed by atoms with E-state index in [1.807, 2.05) is 6.92 Å². The highest BCUT2D eigenvalue weighted by Crippen LogP contribution is 1.99. The van der Waals surface area contributed by atoms with Crippen LogP contribution >= 0.6 is 0 Å². The van der Waals surface area contributed by atoms with Crippen molar-refractivity contribution < 1.29 is 4.79 Å². The molecule has 0 unspecified atom stereocenters. The van der Waals surface area contributed by atoms with Crippen molar-refractivity contribution in [2.45, 2.75) is 19.8 Å². The summed E-state index contributed by atoms with van der Waals surface area (Å²) in [6.45, 7) is 7.59. The van der Waals surface area contributed by atoms with E-state index >= 15 is 0 Å². The van der Waals surface area contributed by atoms with Crippen LogP contribution in [0.2, 0.25) is 0 Å². The summed E-state index contributed by atoms with van der Waals surface area (Å²) in [6, 6.07) is 2.08. The van der Waals surface area contributed by atoms with Gasteiger partial charge < -0.3 is 10.2 Å². The number of nitrogens with zero attached hydrogens (tertiary/aromatic N) is 3. The minimum atomic E-state index is 0.143. The van der Waals surface area contributed by atoms with Crippen molar-refractivity contribution >= 4 is 5.91 Å². The molecule has 0 saturated carbocycles. The molecule has 17 heavy (non-hydrogen) atoms. The van der Waals surface area contributed by atoms with Crippen molar-refractivity contribution in [3.8, 4) is 6.07 Å². The number of nitriles is 1. The number of likely N-dealkylation sites (N-methyl/N-ethyl adjacent to an activating group) is 1. The van der Waals surface area contributed by atoms with Crippen molar-refractivity contribution in [2.24, 2.45) is 0 Å². The summed E-state index contributed by atoms with van der Waals surface area (Å²) in [5, 5.41) is 11.9. The lowest BCUT2D eigenvalue weighted by Gasteiger charge is -2.24. The van der Waals surface area contributed by atoms with Crippen molar-refractivity contribution in [2.75, 3.05) is 45.8 Å². The summed E-state index contributed by atoms with van der Waals surface area (Å²) < 4.78 is 0. The molecule has 1 heterocycles. The van der Waals surface area contributed by atoms with Crippen LogP contribution in [0.1, 0.15) is 19.8 Å². The fourth-order valence-electron chi connectivity index (χ4n) is 2.00. The van der Waals surface area contributed by atoms with Crippen molar-refractivity contribution in [3.05, 3.63) is 0 Å². The Balaban J connectivity index is 2.37. The molecule has 0 aromatic carbocycles. The van der Waals surface area contributed by atoms with E-state index in [2.05, 4.69) is 16.3 Å². The average molecular weight is 238 g/mol. The summed E-state index contributed by atoms with van der Waals surface area (Å²) in [7, 11) is 0. The minimum absolute atomic E-state index is 0.143. The van der Waals surface area contributed by atoms with E-state index in [-0.39, 0.29) is 5.91 Å². The van der Waals surface area contributed by atoms with Crippen molar-refractivity contribution in [3.63, 3.8) is 0 Å². The van der Waals surface area contributed by atoms with Gasteiger partial charge in [-0.3, -0.25) is 9.69 Å². The minimum Gasteiger partial charge on any atom is -0.341 e. The van der Waals surface area contributed by atoms with Crippen LogP contribution in [-0.4, -0.2) is 61.5 Å². The van der Waals surface area contributed by atoms with Crippen LogP contribution in [0.4, 0.5) is 0 Å². The van der Waals surface area contributed by atoms with E-state index in [0.29, 0.717) is 26.1 Å². The first kappa shape index (κ1) is 13.9. The third-order valence-corrected chi connectivity index (χ3v) is 3.02. The smallest absolute Gasteiger partial charge is 0.236 e. The third kappa shape index (κ3) is 5.16. The Morgan fingerprint density at radius 1 is 1.47 bits per heavy atom. The fraction of sp³-hybridized carbons (Fsp3) is 0.833. The van der Waals surface area contributed by atoms with Crippen LogP contribution in [0.3, 0.4) is 0 Å². The van der Waals surface area contributed by atoms with Gasteiger partial charge in [-0.05, 0) is 26.4 Å². The molecular formula is C12H22N4O. The second-order valence-corrected chi connectivity index (χ2v) is 4.26. The first-order valence-corrected chi connectivity index (χ1v) is 6.35. The molecule has 5 nitrogen and oxygen atoms in total. The maximum atomic E-state index is 12.0. The molecule has 5 heteroatoms. The van der Waals surface area contributed by atoms with Gasteiger partial charge in [0.2, 0.25) is 5.91 Å². The zero-order chi connectivity index (χ0) is 12.5. The van der Waals surface area contributed by atoms with Gasteiger partial charge in [-0.25, -0.2) is 0 Å². The molecule has 1 N–H and O–H groups in total. The molecule has 0 aromatic heterocycles. The number of carbonyl (C=O) groups is 1. The Labute approximate surface area is 103 Å². The Kier molecular flexibility index (Phi) is 6.60. The van der Waals surface area contributed by atoms with Gasteiger partial charge in [0, 0.05) is 26.2 Å². The Morgan fingerprint density at radius 3 is 3.00 bits per heavy atom. The summed E-state index contributed by atoms with van der Waals surface area (Å²) in [5.41, 5.74) is 0. The van der Waals surface area contributed by atoms with Crippen molar-refractivity contribution in [1.82, 2.24) is 15.1 Å². The Hall–Kier alpha value is -1.12. The highest BCUT2D eigenvalue weighted by molar-refractivity contribution is 5.78. The number of nitrogens with one attached hydrogen (secondary N) is 1. The lowest BCUT2D eigenvalue weighted by atomic mass is 10.3. The first-order chi connectivity index (χ1) is 8.27. The average Bonchev–Trinajstić information content (AvgIpc) is 2.58. The molecule has 0 atom stereocenters. The molecule has 0 aliphatic carbocycles. The number of rotatable bonds is 5. The zero-order valence-corrected chi connectivity index (χ0v) is 10.6. The lowest BCUT2D eigenvalue weighted by Crippen LogP contribution is -2.41. The lowest BCUT2D eigenvalue weighted by molar-refractivity contribution is -0.132. The number of carbonyl (C=O) groups excluding carboxylic acids is 1. The molecule has 1 aliphatic rings. The van der Waals surface area contributed by atoms with E-state index in [4.69, 9.17) is 5.26 Å². The largest absolute Gasteiger partial charge is 0.341 e. The van der Waals surface area contributed by atoms with Crippen LogP contribution in [0, 0.1) is 11.3 Å². The summed E-state index contributed by atoms with van der Waals surface area (Å²) in [5.74, 6) is 0.143. The van der Waals surface area contributed by atoms with E-state index in [9.17, 15) is 4.79 Å². The van der Waals surface area contributed by atoms with Gasteiger partial charge in [0.15, 0.2) is 0 Å².